The smallest absolute Gasteiger partial charge is 0.277 e. The van der Waals surface area contributed by atoms with Crippen molar-refractivity contribution >= 4 is 55.8 Å². The number of amides is 1. The van der Waals surface area contributed by atoms with Crippen molar-refractivity contribution in [2.45, 2.75) is 0 Å². The predicted octanol–water partition coefficient (Wildman–Crippen LogP) is 3.39. The van der Waals surface area contributed by atoms with E-state index in [0.717, 1.165) is 15.5 Å². The van der Waals surface area contributed by atoms with Crippen LogP contribution in [0.25, 0.3) is 11.0 Å². The summed E-state index contributed by atoms with van der Waals surface area (Å²) >= 11 is 9.63. The molecule has 2 aromatic carbocycles. The molecular weight excluding hydrogens is 424 g/mol. The number of rotatable bonds is 6. The summed E-state index contributed by atoms with van der Waals surface area (Å²) in [5.41, 5.74) is 5.39. The van der Waals surface area contributed by atoms with E-state index in [1.54, 1.807) is 30.6 Å². The largest absolute Gasteiger partial charge is 0.394 e. The van der Waals surface area contributed by atoms with Crippen molar-refractivity contribution in [1.29, 1.82) is 0 Å². The SMILES string of the molecule is Cn1cnc2cc(Nc3ccc(Br)cc3Cl)c(C(=O)NOCCO)cc21. The molecule has 3 rings (SSSR count). The number of carbonyl (C=O) groups excluding carboxylic acids is 1. The lowest BCUT2D eigenvalue weighted by molar-refractivity contribution is 0.0169. The molecule has 0 aliphatic heterocycles. The molecule has 0 unspecified atom stereocenters. The topological polar surface area (TPSA) is 88.4 Å². The van der Waals surface area contributed by atoms with Gasteiger partial charge in [-0.3, -0.25) is 9.63 Å². The zero-order valence-corrected chi connectivity index (χ0v) is 16.1. The number of nitrogens with one attached hydrogen (secondary N) is 2. The first kappa shape index (κ1) is 18.7. The highest BCUT2D eigenvalue weighted by Gasteiger charge is 2.16. The molecule has 0 radical (unpaired) electrons. The Balaban J connectivity index is 2.01. The fourth-order valence-corrected chi connectivity index (χ4v) is 3.14. The van der Waals surface area contributed by atoms with E-state index in [1.165, 1.54) is 0 Å². The van der Waals surface area contributed by atoms with Crippen LogP contribution in [-0.4, -0.2) is 33.8 Å². The number of aliphatic hydroxyl groups is 1. The summed E-state index contributed by atoms with van der Waals surface area (Å²) in [6.07, 6.45) is 1.67. The number of aliphatic hydroxyl groups excluding tert-OH is 1. The van der Waals surface area contributed by atoms with E-state index in [4.69, 9.17) is 21.5 Å². The highest BCUT2D eigenvalue weighted by atomic mass is 79.9. The highest BCUT2D eigenvalue weighted by molar-refractivity contribution is 9.10. The maximum absolute atomic E-state index is 12.5. The lowest BCUT2D eigenvalue weighted by Gasteiger charge is -2.14. The molecule has 1 aromatic heterocycles. The van der Waals surface area contributed by atoms with Gasteiger partial charge in [-0.2, -0.15) is 0 Å². The zero-order valence-electron chi connectivity index (χ0n) is 13.8. The van der Waals surface area contributed by atoms with Gasteiger partial charge in [0.15, 0.2) is 0 Å². The fraction of sp³-hybridized carbons (Fsp3) is 0.176. The van der Waals surface area contributed by atoms with Crippen molar-refractivity contribution in [3.63, 3.8) is 0 Å². The number of aromatic nitrogens is 2. The van der Waals surface area contributed by atoms with E-state index >= 15 is 0 Å². The third kappa shape index (κ3) is 3.99. The molecule has 9 heteroatoms. The first-order chi connectivity index (χ1) is 12.5. The quantitative estimate of drug-likeness (QED) is 0.405. The summed E-state index contributed by atoms with van der Waals surface area (Å²) in [6, 6.07) is 8.90. The van der Waals surface area contributed by atoms with E-state index < -0.39 is 5.91 Å². The number of carbonyl (C=O) groups is 1. The van der Waals surface area contributed by atoms with Crippen molar-refractivity contribution in [1.82, 2.24) is 15.0 Å². The Morgan fingerprint density at radius 2 is 2.15 bits per heavy atom. The molecule has 0 saturated heterocycles. The number of fused-ring (bicyclic) bond motifs is 1. The van der Waals surface area contributed by atoms with Gasteiger partial charge in [-0.05, 0) is 30.3 Å². The summed E-state index contributed by atoms with van der Waals surface area (Å²) in [5, 5.41) is 12.5. The minimum atomic E-state index is -0.447. The van der Waals surface area contributed by atoms with Crippen molar-refractivity contribution in [3.8, 4) is 0 Å². The Morgan fingerprint density at radius 1 is 1.35 bits per heavy atom. The maximum atomic E-state index is 12.5. The molecule has 0 spiro atoms. The number of imidazole rings is 1. The lowest BCUT2D eigenvalue weighted by atomic mass is 10.1. The molecule has 1 amide bonds. The third-order valence-electron chi connectivity index (χ3n) is 3.67. The molecule has 136 valence electrons. The Morgan fingerprint density at radius 3 is 2.88 bits per heavy atom. The van der Waals surface area contributed by atoms with Crippen LogP contribution in [0.2, 0.25) is 5.02 Å². The van der Waals surface area contributed by atoms with Crippen LogP contribution in [0.4, 0.5) is 11.4 Å². The van der Waals surface area contributed by atoms with Gasteiger partial charge in [0.25, 0.3) is 5.91 Å². The maximum Gasteiger partial charge on any atom is 0.277 e. The summed E-state index contributed by atoms with van der Waals surface area (Å²) < 4.78 is 2.67. The van der Waals surface area contributed by atoms with E-state index in [-0.39, 0.29) is 13.2 Å². The van der Waals surface area contributed by atoms with Crippen LogP contribution in [0.15, 0.2) is 41.1 Å². The van der Waals surface area contributed by atoms with Gasteiger partial charge < -0.3 is 15.0 Å². The van der Waals surface area contributed by atoms with Crippen LogP contribution in [0, 0.1) is 0 Å². The number of aryl methyl sites for hydroxylation is 1. The summed E-state index contributed by atoms with van der Waals surface area (Å²) in [5.74, 6) is -0.447. The van der Waals surface area contributed by atoms with Gasteiger partial charge in [0.05, 0.1) is 52.5 Å². The first-order valence-electron chi connectivity index (χ1n) is 7.69. The van der Waals surface area contributed by atoms with Crippen LogP contribution in [0.3, 0.4) is 0 Å². The molecule has 3 aromatic rings. The molecular formula is C17H16BrClN4O3. The Kier molecular flexibility index (Phi) is 5.77. The van der Waals surface area contributed by atoms with Gasteiger partial charge >= 0.3 is 0 Å². The van der Waals surface area contributed by atoms with Crippen LogP contribution in [0.5, 0.6) is 0 Å². The summed E-state index contributed by atoms with van der Waals surface area (Å²) in [6.45, 7) is -0.193. The number of hydrogen-bond acceptors (Lipinski definition) is 5. The second-order valence-corrected chi connectivity index (χ2v) is 6.82. The molecule has 1 heterocycles. The second kappa shape index (κ2) is 8.05. The zero-order chi connectivity index (χ0) is 18.7. The van der Waals surface area contributed by atoms with Crippen molar-refractivity contribution < 1.29 is 14.7 Å². The minimum Gasteiger partial charge on any atom is -0.394 e. The van der Waals surface area contributed by atoms with Crippen molar-refractivity contribution in [3.05, 3.63) is 51.7 Å². The molecule has 0 aliphatic rings. The van der Waals surface area contributed by atoms with Gasteiger partial charge in [-0.15, -0.1) is 0 Å². The summed E-state index contributed by atoms with van der Waals surface area (Å²) in [7, 11) is 1.85. The summed E-state index contributed by atoms with van der Waals surface area (Å²) in [4.78, 5) is 21.8. The van der Waals surface area contributed by atoms with Crippen LogP contribution < -0.4 is 10.8 Å². The van der Waals surface area contributed by atoms with Gasteiger partial charge in [-0.1, -0.05) is 27.5 Å². The Labute approximate surface area is 163 Å². The number of anilines is 2. The number of benzene rings is 2. The standard InChI is InChI=1S/C17H16BrClN4O3/c1-23-9-20-15-8-14(21-13-3-2-10(18)6-12(13)19)11(7-16(15)23)17(25)22-26-5-4-24/h2-3,6-9,21,24H,4-5H2,1H3,(H,22,25). The van der Waals surface area contributed by atoms with E-state index in [0.29, 0.717) is 22.0 Å². The van der Waals surface area contributed by atoms with E-state index in [1.807, 2.05) is 17.7 Å². The average molecular weight is 440 g/mol. The van der Waals surface area contributed by atoms with Gasteiger partial charge in [0, 0.05) is 11.5 Å². The Hall–Kier alpha value is -2.13. The van der Waals surface area contributed by atoms with Gasteiger partial charge in [0.1, 0.15) is 0 Å². The molecule has 0 aliphatic carbocycles. The normalized spacial score (nSPS) is 10.9. The van der Waals surface area contributed by atoms with E-state index in [2.05, 4.69) is 31.7 Å². The molecule has 26 heavy (non-hydrogen) atoms. The molecule has 0 saturated carbocycles. The Bertz CT molecular complexity index is 961. The lowest BCUT2D eigenvalue weighted by Crippen LogP contribution is -2.26. The predicted molar refractivity (Wildman–Crippen MR) is 104 cm³/mol. The number of halogens is 2. The molecule has 3 N–H and O–H groups in total. The number of nitrogens with zero attached hydrogens (tertiary/aromatic N) is 2. The van der Waals surface area contributed by atoms with Crippen LogP contribution in [0.1, 0.15) is 10.4 Å². The van der Waals surface area contributed by atoms with E-state index in [9.17, 15) is 4.79 Å². The number of hydrogen-bond donors (Lipinski definition) is 3. The van der Waals surface area contributed by atoms with Gasteiger partial charge in [0.2, 0.25) is 0 Å². The molecule has 7 nitrogen and oxygen atoms in total. The van der Waals surface area contributed by atoms with Crippen LogP contribution >= 0.6 is 27.5 Å². The fourth-order valence-electron chi connectivity index (χ4n) is 2.42. The minimum absolute atomic E-state index is 0.000989. The highest BCUT2D eigenvalue weighted by Crippen LogP contribution is 2.31. The first-order valence-corrected chi connectivity index (χ1v) is 8.87. The third-order valence-corrected chi connectivity index (χ3v) is 4.47. The van der Waals surface area contributed by atoms with Gasteiger partial charge in [-0.25, -0.2) is 10.5 Å². The van der Waals surface area contributed by atoms with Crippen molar-refractivity contribution in [2.24, 2.45) is 7.05 Å². The molecule has 0 bridgehead atoms. The average Bonchev–Trinajstić information content (AvgIpc) is 2.97. The van der Waals surface area contributed by atoms with Crippen molar-refractivity contribution in [2.75, 3.05) is 18.5 Å². The second-order valence-electron chi connectivity index (χ2n) is 5.49. The molecule has 0 atom stereocenters. The van der Waals surface area contributed by atoms with Crippen LogP contribution in [-0.2, 0) is 11.9 Å². The number of hydroxylamine groups is 1. The molecule has 0 fully saturated rings. The monoisotopic (exact) mass is 438 g/mol.